The summed E-state index contributed by atoms with van der Waals surface area (Å²) in [6.07, 6.45) is -9.25. The first kappa shape index (κ1) is 42.4. The summed E-state index contributed by atoms with van der Waals surface area (Å²) in [5.41, 5.74) is -1.11. The van der Waals surface area contributed by atoms with Crippen molar-refractivity contribution >= 4 is 17.9 Å². The van der Waals surface area contributed by atoms with E-state index < -0.39 is 91.5 Å². The van der Waals surface area contributed by atoms with Gasteiger partial charge in [0, 0.05) is 12.0 Å². The average molecular weight is 823 g/mol. The second-order valence-corrected chi connectivity index (χ2v) is 19.9. The Morgan fingerprint density at radius 1 is 0.810 bits per heavy atom. The van der Waals surface area contributed by atoms with Gasteiger partial charge in [-0.25, -0.2) is 9.59 Å². The maximum atomic E-state index is 13.7. The van der Waals surface area contributed by atoms with Gasteiger partial charge in [-0.15, -0.1) is 0 Å². The van der Waals surface area contributed by atoms with Crippen LogP contribution in [0, 0.1) is 50.7 Å². The Morgan fingerprint density at radius 2 is 1.50 bits per heavy atom. The maximum Gasteiger partial charge on any atom is 0.335 e. The first-order chi connectivity index (χ1) is 27.2. The van der Waals surface area contributed by atoms with Gasteiger partial charge < -0.3 is 64.5 Å². The third-order valence-corrected chi connectivity index (χ3v) is 17.9. The summed E-state index contributed by atoms with van der Waals surface area (Å²) in [4.78, 5) is 38.4. The third-order valence-electron chi connectivity index (χ3n) is 17.9. The fourth-order valence-electron chi connectivity index (χ4n) is 14.5. The second kappa shape index (κ2) is 14.4. The molecule has 3 heterocycles. The number of aliphatic hydroxyl groups is 6. The van der Waals surface area contributed by atoms with Crippen LogP contribution in [0.3, 0.4) is 0 Å². The molecule has 8 aliphatic rings. The number of hydrogen-bond donors (Lipinski definition) is 8. The molecule has 8 rings (SSSR count). The highest BCUT2D eigenvalue weighted by atomic mass is 16.8. The van der Waals surface area contributed by atoms with E-state index in [1.165, 1.54) is 0 Å². The largest absolute Gasteiger partial charge is 0.481 e. The molecule has 0 amide bonds. The van der Waals surface area contributed by atoms with E-state index in [1.807, 2.05) is 6.08 Å². The topological polar surface area (TPSA) is 259 Å². The highest BCUT2D eigenvalue weighted by Crippen LogP contribution is 2.89. The van der Waals surface area contributed by atoms with E-state index in [2.05, 4.69) is 20.8 Å². The predicted molar refractivity (Wildman–Crippen MR) is 198 cm³/mol. The number of hydrogen-bond acceptors (Lipinski definition) is 14. The predicted octanol–water partition coefficient (Wildman–Crippen LogP) is 1.49. The van der Waals surface area contributed by atoms with E-state index in [9.17, 15) is 55.2 Å². The molecule has 326 valence electrons. The van der Waals surface area contributed by atoms with E-state index >= 15 is 0 Å². The van der Waals surface area contributed by atoms with Gasteiger partial charge in [-0.1, -0.05) is 26.8 Å². The zero-order valence-corrected chi connectivity index (χ0v) is 33.9. The molecule has 0 unspecified atom stereocenters. The third kappa shape index (κ3) is 5.79. The molecular weight excluding hydrogens is 760 g/mol. The van der Waals surface area contributed by atoms with Crippen LogP contribution in [-0.4, -0.2) is 139 Å². The molecule has 58 heavy (non-hydrogen) atoms. The molecule has 16 nitrogen and oxygen atoms in total. The summed E-state index contributed by atoms with van der Waals surface area (Å²) in [6, 6.07) is 0. The van der Waals surface area contributed by atoms with Gasteiger partial charge in [0.25, 0.3) is 0 Å². The Hall–Kier alpha value is -2.25. The number of aliphatic hydroxyl groups excluding tert-OH is 6. The van der Waals surface area contributed by atoms with Crippen molar-refractivity contribution in [2.75, 3.05) is 6.61 Å². The Bertz CT molecular complexity index is 1690. The zero-order valence-electron chi connectivity index (χ0n) is 33.9. The number of carboxylic acid groups (broad SMARTS) is 2. The Kier molecular flexibility index (Phi) is 10.5. The van der Waals surface area contributed by atoms with Crippen molar-refractivity contribution in [1.29, 1.82) is 0 Å². The summed E-state index contributed by atoms with van der Waals surface area (Å²) in [5.74, 6) is -2.28. The SMILES string of the molecule is CC1=CC[C@@H]([C@H](C)[C@H]2CC[C@]3(C)[C@@H]4CC[C@@H]5[C@](C)(C(=O)O)[C@@H](O[C@H]6O[C@@H](C(=O)O)[C@@H](O)[C@H](O)[C@H]6O[C@H]6O[C@H](CO)[C@H](O)[C@@H](O)[C@H]6O)CC[C@@]56C[C@@]46CC[C@]23C)OC1=O. The first-order valence-corrected chi connectivity index (χ1v) is 21.2. The lowest BCUT2D eigenvalue weighted by Gasteiger charge is -2.63. The van der Waals surface area contributed by atoms with Crippen molar-refractivity contribution < 1.29 is 78.9 Å². The van der Waals surface area contributed by atoms with Gasteiger partial charge in [-0.05, 0) is 117 Å². The molecule has 0 aromatic carbocycles. The molecule has 5 aliphatic carbocycles. The number of esters is 1. The minimum Gasteiger partial charge on any atom is -0.481 e. The van der Waals surface area contributed by atoms with Crippen molar-refractivity contribution in [3.8, 4) is 0 Å². The van der Waals surface area contributed by atoms with E-state index in [1.54, 1.807) is 13.8 Å². The van der Waals surface area contributed by atoms with Crippen molar-refractivity contribution in [3.05, 3.63) is 11.6 Å². The van der Waals surface area contributed by atoms with Crippen molar-refractivity contribution in [2.24, 2.45) is 50.7 Å². The maximum absolute atomic E-state index is 13.7. The molecule has 16 heteroatoms. The number of carbonyl (C=O) groups excluding carboxylic acids is 1. The molecule has 21 atom stereocenters. The van der Waals surface area contributed by atoms with Gasteiger partial charge >= 0.3 is 17.9 Å². The zero-order chi connectivity index (χ0) is 42.1. The van der Waals surface area contributed by atoms with Crippen molar-refractivity contribution in [2.45, 2.75) is 172 Å². The van der Waals surface area contributed by atoms with Gasteiger partial charge in [0.15, 0.2) is 18.7 Å². The standard InChI is InChI=1S/C42H62O16/c1-18-6-7-21(54-34(18)51)19(2)20-10-12-39(4)23-8-9-24-40(5,37(52)53)25(11-13-41(24)17-42(23,41)15-14-38(20,39)3)56-36-32(29(47)28(46)31(57-36)33(49)50)58-35-30(48)27(45)26(44)22(16-43)55-35/h6,19-32,35-36,43-48H,7-17H2,1-5H3,(H,49,50)(H,52,53)/t19-,20-,21+,22-,23+,24-,25+,26+,27-,28+,29+,30-,31-,32-,35-,36+,38-,39-,40+,41-,42+/m1/s1. The van der Waals surface area contributed by atoms with E-state index in [-0.39, 0.29) is 52.0 Å². The highest BCUT2D eigenvalue weighted by molar-refractivity contribution is 5.88. The number of carboxylic acids is 2. The lowest BCUT2D eigenvalue weighted by atomic mass is 9.41. The Morgan fingerprint density at radius 3 is 2.16 bits per heavy atom. The minimum absolute atomic E-state index is 0.00375. The molecular formula is C42H62O16. The number of carbonyl (C=O) groups is 3. The summed E-state index contributed by atoms with van der Waals surface area (Å²) >= 11 is 0. The minimum atomic E-state index is -2.04. The lowest BCUT2D eigenvalue weighted by molar-refractivity contribution is -0.373. The number of ether oxygens (including phenoxy) is 5. The van der Waals surface area contributed by atoms with Gasteiger partial charge in [0.2, 0.25) is 0 Å². The van der Waals surface area contributed by atoms with Crippen LogP contribution in [0.15, 0.2) is 11.6 Å². The number of fused-ring (bicyclic) bond motifs is 2. The molecule has 2 spiro atoms. The summed E-state index contributed by atoms with van der Waals surface area (Å²) in [5, 5.41) is 84.2. The van der Waals surface area contributed by atoms with Crippen LogP contribution in [0.1, 0.15) is 98.8 Å². The van der Waals surface area contributed by atoms with Crippen molar-refractivity contribution in [1.82, 2.24) is 0 Å². The van der Waals surface area contributed by atoms with E-state index in [4.69, 9.17) is 23.7 Å². The second-order valence-electron chi connectivity index (χ2n) is 19.9. The molecule has 7 fully saturated rings. The smallest absolute Gasteiger partial charge is 0.335 e. The van der Waals surface area contributed by atoms with Crippen LogP contribution in [0.5, 0.6) is 0 Å². The van der Waals surface area contributed by atoms with E-state index in [0.29, 0.717) is 30.3 Å². The highest BCUT2D eigenvalue weighted by Gasteiger charge is 2.83. The fourth-order valence-corrected chi connectivity index (χ4v) is 14.5. The average Bonchev–Trinajstić information content (AvgIpc) is 3.77. The van der Waals surface area contributed by atoms with Crippen LogP contribution < -0.4 is 0 Å². The quantitative estimate of drug-likeness (QED) is 0.121. The van der Waals surface area contributed by atoms with Gasteiger partial charge in [-0.3, -0.25) is 4.79 Å². The number of cyclic esters (lactones) is 1. The van der Waals surface area contributed by atoms with Crippen LogP contribution >= 0.6 is 0 Å². The van der Waals surface area contributed by atoms with Gasteiger partial charge in [-0.2, -0.15) is 0 Å². The van der Waals surface area contributed by atoms with Gasteiger partial charge in [0.1, 0.15) is 48.8 Å². The molecule has 8 N–H and O–H groups in total. The van der Waals surface area contributed by atoms with E-state index in [0.717, 1.165) is 44.9 Å². The first-order valence-electron chi connectivity index (χ1n) is 21.2. The molecule has 5 saturated carbocycles. The molecule has 0 bridgehead atoms. The number of rotatable bonds is 9. The molecule has 0 aromatic rings. The Labute approximate surface area is 337 Å². The molecule has 0 aromatic heterocycles. The molecule has 3 aliphatic heterocycles. The summed E-state index contributed by atoms with van der Waals surface area (Å²) < 4.78 is 29.5. The summed E-state index contributed by atoms with van der Waals surface area (Å²) in [7, 11) is 0. The molecule has 0 radical (unpaired) electrons. The fraction of sp³-hybridized carbons (Fsp3) is 0.881. The van der Waals surface area contributed by atoms with Crippen LogP contribution in [0.25, 0.3) is 0 Å². The van der Waals surface area contributed by atoms with Crippen LogP contribution in [0.2, 0.25) is 0 Å². The molecule has 2 saturated heterocycles. The normalized spacial score (nSPS) is 54.2. The Balaban J connectivity index is 1.04. The summed E-state index contributed by atoms with van der Waals surface area (Å²) in [6.45, 7) is 9.83. The van der Waals surface area contributed by atoms with Crippen LogP contribution in [0.4, 0.5) is 0 Å². The monoisotopic (exact) mass is 822 g/mol. The van der Waals surface area contributed by atoms with Crippen molar-refractivity contribution in [3.63, 3.8) is 0 Å². The lowest BCUT2D eigenvalue weighted by Crippen LogP contribution is -2.66. The van der Waals surface area contributed by atoms with Crippen LogP contribution in [-0.2, 0) is 38.1 Å². The van der Waals surface area contributed by atoms with Gasteiger partial charge in [0.05, 0.1) is 18.1 Å². The number of aliphatic carboxylic acids is 2.